The third-order valence-corrected chi connectivity index (χ3v) is 7.53. The number of aryl methyl sites for hydroxylation is 1. The number of hydrogen-bond donors (Lipinski definition) is 0. The second kappa shape index (κ2) is 9.75. The summed E-state index contributed by atoms with van der Waals surface area (Å²) in [5, 5.41) is 2.18. The van der Waals surface area contributed by atoms with Gasteiger partial charge >= 0.3 is 6.61 Å². The summed E-state index contributed by atoms with van der Waals surface area (Å²) in [5.41, 5.74) is 2.08. The highest BCUT2D eigenvalue weighted by molar-refractivity contribution is 9.10. The van der Waals surface area contributed by atoms with Crippen LogP contribution in [0.15, 0.2) is 34.1 Å². The van der Waals surface area contributed by atoms with Crippen molar-refractivity contribution in [3.8, 4) is 5.75 Å². The summed E-state index contributed by atoms with van der Waals surface area (Å²) in [6.45, 7) is 0.763. The van der Waals surface area contributed by atoms with Crippen LogP contribution in [0.25, 0.3) is 0 Å². The van der Waals surface area contributed by atoms with Gasteiger partial charge in [0, 0.05) is 48.0 Å². The van der Waals surface area contributed by atoms with Crippen molar-refractivity contribution < 1.29 is 18.3 Å². The molecule has 0 unspecified atom stereocenters. The Hall–Kier alpha value is -1.51. The molecule has 4 rings (SSSR count). The number of carbonyl (C=O) groups excluding carboxylic acids is 1. The van der Waals surface area contributed by atoms with Gasteiger partial charge in [-0.3, -0.25) is 9.69 Å². The first-order chi connectivity index (χ1) is 14.5. The summed E-state index contributed by atoms with van der Waals surface area (Å²) in [5.74, 6) is 0.216. The summed E-state index contributed by atoms with van der Waals surface area (Å²) in [4.78, 5) is 18.7. The van der Waals surface area contributed by atoms with Crippen molar-refractivity contribution >= 4 is 33.2 Å². The van der Waals surface area contributed by atoms with E-state index in [0.29, 0.717) is 24.4 Å². The molecular formula is C22H25BrF2N2O2S. The Bertz CT molecular complexity index is 884. The van der Waals surface area contributed by atoms with Crippen LogP contribution >= 0.6 is 27.3 Å². The maximum Gasteiger partial charge on any atom is 0.387 e. The number of likely N-dealkylation sites (tertiary alicyclic amines) is 1. The Morgan fingerprint density at radius 3 is 2.80 bits per heavy atom. The third kappa shape index (κ3) is 5.21. The van der Waals surface area contributed by atoms with Crippen LogP contribution in [0.4, 0.5) is 8.78 Å². The monoisotopic (exact) mass is 498 g/mol. The second-order valence-electron chi connectivity index (χ2n) is 7.83. The minimum absolute atomic E-state index is 0.0789. The molecule has 30 heavy (non-hydrogen) atoms. The molecule has 1 aromatic carbocycles. The SMILES string of the molecule is O=C(CCc1cc(Br)ccc1OC(F)F)N1CCC(N2CCc3sccc3C2)CC1. The minimum Gasteiger partial charge on any atom is -0.435 e. The van der Waals surface area contributed by atoms with E-state index in [0.717, 1.165) is 49.9 Å². The highest BCUT2D eigenvalue weighted by Gasteiger charge is 2.29. The molecule has 1 amide bonds. The third-order valence-electron chi connectivity index (χ3n) is 6.02. The molecule has 1 saturated heterocycles. The van der Waals surface area contributed by atoms with Gasteiger partial charge in [-0.15, -0.1) is 11.3 Å². The van der Waals surface area contributed by atoms with E-state index in [1.54, 1.807) is 12.1 Å². The summed E-state index contributed by atoms with van der Waals surface area (Å²) in [6, 6.07) is 7.68. The Labute approximate surface area is 187 Å². The molecule has 1 aromatic heterocycles. The molecule has 2 aliphatic heterocycles. The Morgan fingerprint density at radius 2 is 2.03 bits per heavy atom. The molecule has 3 heterocycles. The van der Waals surface area contributed by atoms with Crippen LogP contribution < -0.4 is 4.74 Å². The van der Waals surface area contributed by atoms with Gasteiger partial charge in [0.2, 0.25) is 5.91 Å². The maximum absolute atomic E-state index is 12.7. The molecule has 0 saturated carbocycles. The Kier molecular flexibility index (Phi) is 7.05. The van der Waals surface area contributed by atoms with Gasteiger partial charge in [0.1, 0.15) is 5.75 Å². The average Bonchev–Trinajstić information content (AvgIpc) is 3.21. The lowest BCUT2D eigenvalue weighted by Gasteiger charge is -2.40. The molecule has 0 radical (unpaired) electrons. The number of hydrogen-bond acceptors (Lipinski definition) is 4. The lowest BCUT2D eigenvalue weighted by Crippen LogP contribution is -2.47. The zero-order valence-electron chi connectivity index (χ0n) is 16.7. The maximum atomic E-state index is 12.7. The van der Waals surface area contributed by atoms with Crippen molar-refractivity contribution in [3.05, 3.63) is 50.1 Å². The van der Waals surface area contributed by atoms with Gasteiger partial charge in [-0.1, -0.05) is 15.9 Å². The number of benzene rings is 1. The second-order valence-corrected chi connectivity index (χ2v) is 9.75. The average molecular weight is 499 g/mol. The standard InChI is InChI=1S/C22H25BrF2N2O2S/c23-17-2-3-19(29-22(24)25)15(13-17)1-4-21(28)26-9-5-18(6-10-26)27-11-7-20-16(14-27)8-12-30-20/h2-3,8,12-13,18,22H,1,4-7,9-11,14H2. The van der Waals surface area contributed by atoms with Crippen molar-refractivity contribution in [2.24, 2.45) is 0 Å². The number of rotatable bonds is 6. The number of nitrogens with zero attached hydrogens (tertiary/aromatic N) is 2. The lowest BCUT2D eigenvalue weighted by atomic mass is 9.99. The normalized spacial score (nSPS) is 17.9. The van der Waals surface area contributed by atoms with Crippen LogP contribution in [0, 0.1) is 0 Å². The smallest absolute Gasteiger partial charge is 0.387 e. The number of carbonyl (C=O) groups is 1. The van der Waals surface area contributed by atoms with Crippen molar-refractivity contribution in [2.45, 2.75) is 51.3 Å². The topological polar surface area (TPSA) is 32.8 Å². The number of amides is 1. The molecule has 0 aliphatic carbocycles. The van der Waals surface area contributed by atoms with Crippen LogP contribution in [-0.2, 0) is 24.2 Å². The molecule has 0 bridgehead atoms. The molecule has 2 aliphatic rings. The van der Waals surface area contributed by atoms with Crippen molar-refractivity contribution in [3.63, 3.8) is 0 Å². The van der Waals surface area contributed by atoms with E-state index in [1.807, 2.05) is 16.2 Å². The van der Waals surface area contributed by atoms with E-state index >= 15 is 0 Å². The van der Waals surface area contributed by atoms with Crippen molar-refractivity contribution in [1.29, 1.82) is 0 Å². The molecule has 2 aromatic rings. The predicted octanol–water partition coefficient (Wildman–Crippen LogP) is 5.09. The molecule has 0 N–H and O–H groups in total. The van der Waals surface area contributed by atoms with Crippen LogP contribution in [-0.4, -0.2) is 48.0 Å². The number of alkyl halides is 2. The first-order valence-corrected chi connectivity index (χ1v) is 12.0. The Morgan fingerprint density at radius 1 is 1.23 bits per heavy atom. The van der Waals surface area contributed by atoms with Gasteiger partial charge in [-0.25, -0.2) is 0 Å². The van der Waals surface area contributed by atoms with E-state index in [-0.39, 0.29) is 11.7 Å². The number of halogens is 3. The first-order valence-electron chi connectivity index (χ1n) is 10.3. The molecular weight excluding hydrogens is 474 g/mol. The van der Waals surface area contributed by atoms with Crippen LogP contribution in [0.1, 0.15) is 35.3 Å². The van der Waals surface area contributed by atoms with E-state index in [4.69, 9.17) is 0 Å². The van der Waals surface area contributed by atoms with Gasteiger partial charge in [-0.2, -0.15) is 8.78 Å². The quantitative estimate of drug-likeness (QED) is 0.555. The number of fused-ring (bicyclic) bond motifs is 1. The lowest BCUT2D eigenvalue weighted by molar-refractivity contribution is -0.132. The highest BCUT2D eigenvalue weighted by Crippen LogP contribution is 2.29. The zero-order valence-corrected chi connectivity index (χ0v) is 19.1. The van der Waals surface area contributed by atoms with E-state index in [9.17, 15) is 13.6 Å². The fraction of sp³-hybridized carbons (Fsp3) is 0.500. The number of thiophene rings is 1. The molecule has 0 spiro atoms. The first kappa shape index (κ1) is 21.7. The minimum atomic E-state index is -2.88. The van der Waals surface area contributed by atoms with Gasteiger partial charge in [-0.05, 0) is 66.5 Å². The van der Waals surface area contributed by atoms with Crippen LogP contribution in [0.5, 0.6) is 5.75 Å². The molecule has 4 nitrogen and oxygen atoms in total. The van der Waals surface area contributed by atoms with Gasteiger partial charge in [0.05, 0.1) is 0 Å². The molecule has 162 valence electrons. The van der Waals surface area contributed by atoms with E-state index in [1.165, 1.54) is 16.5 Å². The highest BCUT2D eigenvalue weighted by atomic mass is 79.9. The van der Waals surface area contributed by atoms with Crippen LogP contribution in [0.2, 0.25) is 0 Å². The van der Waals surface area contributed by atoms with Crippen LogP contribution in [0.3, 0.4) is 0 Å². The summed E-state index contributed by atoms with van der Waals surface area (Å²) in [6.07, 6.45) is 3.78. The summed E-state index contributed by atoms with van der Waals surface area (Å²) < 4.78 is 30.6. The number of ether oxygens (including phenoxy) is 1. The molecule has 8 heteroatoms. The fourth-order valence-electron chi connectivity index (χ4n) is 4.42. The molecule has 0 atom stereocenters. The predicted molar refractivity (Wildman–Crippen MR) is 117 cm³/mol. The molecule has 1 fully saturated rings. The summed E-state index contributed by atoms with van der Waals surface area (Å²) >= 11 is 5.21. The Balaban J connectivity index is 1.28. The van der Waals surface area contributed by atoms with Crippen molar-refractivity contribution in [1.82, 2.24) is 9.80 Å². The van der Waals surface area contributed by atoms with Crippen molar-refractivity contribution in [2.75, 3.05) is 19.6 Å². The number of piperidine rings is 1. The van der Waals surface area contributed by atoms with Gasteiger partial charge in [0.15, 0.2) is 0 Å². The zero-order chi connectivity index (χ0) is 21.1. The van der Waals surface area contributed by atoms with E-state index < -0.39 is 6.61 Å². The largest absolute Gasteiger partial charge is 0.435 e. The van der Waals surface area contributed by atoms with Gasteiger partial charge < -0.3 is 9.64 Å². The van der Waals surface area contributed by atoms with Gasteiger partial charge in [0.25, 0.3) is 0 Å². The fourth-order valence-corrected chi connectivity index (χ4v) is 5.71. The summed E-state index contributed by atoms with van der Waals surface area (Å²) in [7, 11) is 0. The van der Waals surface area contributed by atoms with E-state index in [2.05, 4.69) is 37.0 Å².